The summed E-state index contributed by atoms with van der Waals surface area (Å²) in [6.45, 7) is 0.569. The molecule has 0 aromatic heterocycles. The van der Waals surface area contributed by atoms with Gasteiger partial charge in [0, 0.05) is 6.54 Å². The first-order chi connectivity index (χ1) is 9.08. The summed E-state index contributed by atoms with van der Waals surface area (Å²) in [5, 5.41) is 22.0. The number of benzene rings is 1. The SMILES string of the molecule is Nc1cccc(C(=O)NCC2CCC(O)CC2)c1O. The number of nitrogens with two attached hydrogens (primary N) is 1. The molecule has 0 radical (unpaired) electrons. The highest BCUT2D eigenvalue weighted by Gasteiger charge is 2.20. The molecule has 0 heterocycles. The number of nitrogen functional groups attached to an aromatic ring is 1. The Labute approximate surface area is 112 Å². The lowest BCUT2D eigenvalue weighted by Crippen LogP contribution is -2.32. The molecule has 5 nitrogen and oxygen atoms in total. The Kier molecular flexibility index (Phi) is 4.27. The maximum Gasteiger partial charge on any atom is 0.255 e. The Morgan fingerprint density at radius 3 is 2.68 bits per heavy atom. The molecule has 2 rings (SSSR count). The number of rotatable bonds is 3. The molecular formula is C14H20N2O3. The van der Waals surface area contributed by atoms with E-state index in [1.807, 2.05) is 0 Å². The Bertz CT molecular complexity index is 454. The number of aliphatic hydroxyl groups excluding tert-OH is 1. The highest BCUT2D eigenvalue weighted by Crippen LogP contribution is 2.25. The van der Waals surface area contributed by atoms with Gasteiger partial charge in [0.05, 0.1) is 17.4 Å². The molecule has 1 saturated carbocycles. The Hall–Kier alpha value is -1.75. The van der Waals surface area contributed by atoms with Crippen molar-refractivity contribution in [2.45, 2.75) is 31.8 Å². The van der Waals surface area contributed by atoms with Crippen LogP contribution in [0.3, 0.4) is 0 Å². The van der Waals surface area contributed by atoms with Gasteiger partial charge in [-0.05, 0) is 43.7 Å². The lowest BCUT2D eigenvalue weighted by Gasteiger charge is -2.25. The summed E-state index contributed by atoms with van der Waals surface area (Å²) < 4.78 is 0. The van der Waals surface area contributed by atoms with E-state index in [1.165, 1.54) is 0 Å². The van der Waals surface area contributed by atoms with E-state index in [9.17, 15) is 15.0 Å². The number of aromatic hydroxyl groups is 1. The number of aliphatic hydroxyl groups is 1. The molecule has 0 aliphatic heterocycles. The van der Waals surface area contributed by atoms with Crippen LogP contribution in [-0.2, 0) is 0 Å². The second-order valence-corrected chi connectivity index (χ2v) is 5.13. The molecule has 1 aliphatic rings. The van der Waals surface area contributed by atoms with E-state index >= 15 is 0 Å². The van der Waals surface area contributed by atoms with Gasteiger partial charge >= 0.3 is 0 Å². The summed E-state index contributed by atoms with van der Waals surface area (Å²) in [4.78, 5) is 11.9. The first-order valence-corrected chi connectivity index (χ1v) is 6.61. The average Bonchev–Trinajstić information content (AvgIpc) is 2.41. The van der Waals surface area contributed by atoms with E-state index in [1.54, 1.807) is 18.2 Å². The number of carbonyl (C=O) groups excluding carboxylic acids is 1. The first-order valence-electron chi connectivity index (χ1n) is 6.61. The van der Waals surface area contributed by atoms with Crippen LogP contribution in [-0.4, -0.2) is 28.8 Å². The predicted octanol–water partition coefficient (Wildman–Crippen LogP) is 1.26. The minimum absolute atomic E-state index is 0.168. The zero-order valence-corrected chi connectivity index (χ0v) is 10.8. The number of anilines is 1. The van der Waals surface area contributed by atoms with Crippen molar-refractivity contribution in [2.75, 3.05) is 12.3 Å². The van der Waals surface area contributed by atoms with Gasteiger partial charge in [-0.1, -0.05) is 6.07 Å². The molecule has 1 aromatic rings. The Balaban J connectivity index is 1.89. The number of carbonyl (C=O) groups is 1. The molecule has 0 atom stereocenters. The van der Waals surface area contributed by atoms with Crippen LogP contribution >= 0.6 is 0 Å². The van der Waals surface area contributed by atoms with Gasteiger partial charge in [-0.3, -0.25) is 4.79 Å². The molecule has 19 heavy (non-hydrogen) atoms. The number of amides is 1. The molecular weight excluding hydrogens is 244 g/mol. The number of hydrogen-bond donors (Lipinski definition) is 4. The zero-order chi connectivity index (χ0) is 13.8. The van der Waals surface area contributed by atoms with Crippen LogP contribution in [0.1, 0.15) is 36.0 Å². The molecule has 1 amide bonds. The number of nitrogens with one attached hydrogen (secondary N) is 1. The minimum atomic E-state index is -0.309. The van der Waals surface area contributed by atoms with Gasteiger partial charge in [0.25, 0.3) is 5.91 Å². The maximum atomic E-state index is 11.9. The van der Waals surface area contributed by atoms with Crippen LogP contribution in [0, 0.1) is 5.92 Å². The normalized spacial score (nSPS) is 23.0. The lowest BCUT2D eigenvalue weighted by atomic mass is 9.87. The number of para-hydroxylation sites is 1. The first kappa shape index (κ1) is 13.7. The van der Waals surface area contributed by atoms with Gasteiger partial charge in [0.1, 0.15) is 0 Å². The zero-order valence-electron chi connectivity index (χ0n) is 10.8. The van der Waals surface area contributed by atoms with Crippen molar-refractivity contribution >= 4 is 11.6 Å². The van der Waals surface area contributed by atoms with Crippen LogP contribution < -0.4 is 11.1 Å². The van der Waals surface area contributed by atoms with E-state index in [0.29, 0.717) is 12.5 Å². The van der Waals surface area contributed by atoms with Gasteiger partial charge in [-0.2, -0.15) is 0 Å². The topological polar surface area (TPSA) is 95.6 Å². The van der Waals surface area contributed by atoms with E-state index in [-0.39, 0.29) is 29.0 Å². The smallest absolute Gasteiger partial charge is 0.255 e. The lowest BCUT2D eigenvalue weighted by molar-refractivity contribution is 0.0908. The maximum absolute atomic E-state index is 11.9. The summed E-state index contributed by atoms with van der Waals surface area (Å²) in [6.07, 6.45) is 3.24. The van der Waals surface area contributed by atoms with Crippen LogP contribution in [0.4, 0.5) is 5.69 Å². The predicted molar refractivity (Wildman–Crippen MR) is 72.8 cm³/mol. The quantitative estimate of drug-likeness (QED) is 0.488. The van der Waals surface area contributed by atoms with Crippen LogP contribution in [0.15, 0.2) is 18.2 Å². The van der Waals surface area contributed by atoms with Gasteiger partial charge in [0.2, 0.25) is 0 Å². The summed E-state index contributed by atoms with van der Waals surface area (Å²) >= 11 is 0. The van der Waals surface area contributed by atoms with E-state index < -0.39 is 0 Å². The summed E-state index contributed by atoms with van der Waals surface area (Å²) in [6, 6.07) is 4.74. The van der Waals surface area contributed by atoms with Crippen molar-refractivity contribution in [1.29, 1.82) is 0 Å². The van der Waals surface area contributed by atoms with E-state index in [0.717, 1.165) is 25.7 Å². The molecule has 0 saturated heterocycles. The summed E-state index contributed by atoms with van der Waals surface area (Å²) in [5.41, 5.74) is 5.96. The standard InChI is InChI=1S/C14H20N2O3/c15-12-3-1-2-11(13(12)18)14(19)16-8-9-4-6-10(17)7-5-9/h1-3,9-10,17-18H,4-8,15H2,(H,16,19). The molecule has 1 aliphatic carbocycles. The monoisotopic (exact) mass is 264 g/mol. The fourth-order valence-electron chi connectivity index (χ4n) is 2.43. The van der Waals surface area contributed by atoms with Crippen LogP contribution in [0.5, 0.6) is 5.75 Å². The molecule has 1 aromatic carbocycles. The van der Waals surface area contributed by atoms with Crippen LogP contribution in [0.25, 0.3) is 0 Å². The Morgan fingerprint density at radius 2 is 2.00 bits per heavy atom. The third kappa shape index (κ3) is 3.38. The van der Waals surface area contributed by atoms with Gasteiger partial charge < -0.3 is 21.3 Å². The number of phenolic OH excluding ortho intramolecular Hbond substituents is 1. The van der Waals surface area contributed by atoms with Gasteiger partial charge in [-0.25, -0.2) is 0 Å². The van der Waals surface area contributed by atoms with Crippen molar-refractivity contribution in [3.8, 4) is 5.75 Å². The van der Waals surface area contributed by atoms with Gasteiger partial charge in [0.15, 0.2) is 5.75 Å². The van der Waals surface area contributed by atoms with Crippen molar-refractivity contribution in [3.63, 3.8) is 0 Å². The third-order valence-electron chi connectivity index (χ3n) is 3.68. The molecule has 5 N–H and O–H groups in total. The Morgan fingerprint density at radius 1 is 1.32 bits per heavy atom. The minimum Gasteiger partial charge on any atom is -0.505 e. The van der Waals surface area contributed by atoms with E-state index in [2.05, 4.69) is 5.32 Å². The van der Waals surface area contributed by atoms with E-state index in [4.69, 9.17) is 5.73 Å². The number of phenols is 1. The molecule has 5 heteroatoms. The highest BCUT2D eigenvalue weighted by molar-refractivity contribution is 5.98. The fourth-order valence-corrected chi connectivity index (χ4v) is 2.43. The van der Waals surface area contributed by atoms with Crippen LogP contribution in [0.2, 0.25) is 0 Å². The molecule has 0 spiro atoms. The largest absolute Gasteiger partial charge is 0.505 e. The average molecular weight is 264 g/mol. The molecule has 0 unspecified atom stereocenters. The molecule has 1 fully saturated rings. The number of hydrogen-bond acceptors (Lipinski definition) is 4. The third-order valence-corrected chi connectivity index (χ3v) is 3.68. The van der Waals surface area contributed by atoms with Crippen molar-refractivity contribution < 1.29 is 15.0 Å². The second-order valence-electron chi connectivity index (χ2n) is 5.13. The van der Waals surface area contributed by atoms with Crippen molar-refractivity contribution in [1.82, 2.24) is 5.32 Å². The van der Waals surface area contributed by atoms with Crippen molar-refractivity contribution in [3.05, 3.63) is 23.8 Å². The summed E-state index contributed by atoms with van der Waals surface area (Å²) in [7, 11) is 0. The second kappa shape index (κ2) is 5.93. The molecule has 0 bridgehead atoms. The van der Waals surface area contributed by atoms with Crippen molar-refractivity contribution in [2.24, 2.45) is 5.92 Å². The highest BCUT2D eigenvalue weighted by atomic mass is 16.3. The summed E-state index contributed by atoms with van der Waals surface area (Å²) in [5.74, 6) is -0.0782. The fraction of sp³-hybridized carbons (Fsp3) is 0.500. The van der Waals surface area contributed by atoms with Gasteiger partial charge in [-0.15, -0.1) is 0 Å². The molecule has 104 valence electrons.